The van der Waals surface area contributed by atoms with Crippen LogP contribution in [0.1, 0.15) is 29.4 Å². The van der Waals surface area contributed by atoms with Gasteiger partial charge in [-0.15, -0.1) is 11.3 Å². The maximum Gasteiger partial charge on any atom is 0.243 e. The van der Waals surface area contributed by atoms with Gasteiger partial charge < -0.3 is 9.88 Å². The molecule has 0 saturated heterocycles. The number of thiophene rings is 1. The molecule has 0 unspecified atom stereocenters. The Kier molecular flexibility index (Phi) is 4.54. The monoisotopic (exact) mass is 361 g/mol. The van der Waals surface area contributed by atoms with Crippen molar-refractivity contribution in [1.29, 1.82) is 0 Å². The third-order valence-corrected chi connectivity index (χ3v) is 5.46. The van der Waals surface area contributed by atoms with Gasteiger partial charge in [0.1, 0.15) is 6.04 Å². The van der Waals surface area contributed by atoms with E-state index in [1.807, 2.05) is 77.5 Å². The number of aromatic nitrogens is 2. The molecule has 2 aromatic heterocycles. The molecule has 4 rings (SSSR count). The summed E-state index contributed by atoms with van der Waals surface area (Å²) in [6.45, 7) is 1.90. The molecule has 4 aromatic rings. The van der Waals surface area contributed by atoms with Crippen LogP contribution in [0.15, 0.2) is 78.4 Å². The molecule has 2 aromatic carbocycles. The van der Waals surface area contributed by atoms with Crippen molar-refractivity contribution in [3.63, 3.8) is 0 Å². The predicted octanol–water partition coefficient (Wildman–Crippen LogP) is 4.56. The zero-order chi connectivity index (χ0) is 17.9. The van der Waals surface area contributed by atoms with Gasteiger partial charge in [-0.1, -0.05) is 48.5 Å². The van der Waals surface area contributed by atoms with E-state index in [-0.39, 0.29) is 18.0 Å². The van der Waals surface area contributed by atoms with Crippen molar-refractivity contribution in [1.82, 2.24) is 14.9 Å². The topological polar surface area (TPSA) is 46.9 Å². The van der Waals surface area contributed by atoms with Gasteiger partial charge in [-0.05, 0) is 36.1 Å². The third kappa shape index (κ3) is 3.13. The molecule has 5 heteroatoms. The summed E-state index contributed by atoms with van der Waals surface area (Å²) in [6, 6.07) is 21.5. The van der Waals surface area contributed by atoms with E-state index in [1.54, 1.807) is 17.7 Å². The van der Waals surface area contributed by atoms with Gasteiger partial charge in [0.15, 0.2) is 0 Å². The Morgan fingerprint density at radius 1 is 1.04 bits per heavy atom. The number of carbonyl (C=O) groups excluding carboxylic acids is 1. The summed E-state index contributed by atoms with van der Waals surface area (Å²) in [6.07, 6.45) is 1.73. The number of nitrogens with one attached hydrogen (secondary N) is 1. The van der Waals surface area contributed by atoms with Crippen LogP contribution in [0.3, 0.4) is 0 Å². The summed E-state index contributed by atoms with van der Waals surface area (Å²) in [5.41, 5.74) is 2.93. The lowest BCUT2D eigenvalue weighted by Crippen LogP contribution is -2.34. The lowest BCUT2D eigenvalue weighted by Gasteiger charge is -2.21. The Morgan fingerprint density at radius 3 is 2.58 bits per heavy atom. The highest BCUT2D eigenvalue weighted by molar-refractivity contribution is 7.10. The third-order valence-electron chi connectivity index (χ3n) is 4.53. The highest BCUT2D eigenvalue weighted by Crippen LogP contribution is 2.27. The predicted molar refractivity (Wildman–Crippen MR) is 105 cm³/mol. The van der Waals surface area contributed by atoms with Crippen LogP contribution in [0.5, 0.6) is 0 Å². The minimum absolute atomic E-state index is 0.0320. The fourth-order valence-corrected chi connectivity index (χ4v) is 3.90. The van der Waals surface area contributed by atoms with Crippen LogP contribution in [0.2, 0.25) is 0 Å². The quantitative estimate of drug-likeness (QED) is 0.566. The molecule has 1 N–H and O–H groups in total. The molecular weight excluding hydrogens is 342 g/mol. The van der Waals surface area contributed by atoms with Gasteiger partial charge in [0.05, 0.1) is 23.4 Å². The lowest BCUT2D eigenvalue weighted by atomic mass is 10.0. The highest BCUT2D eigenvalue weighted by atomic mass is 32.1. The average molecular weight is 361 g/mol. The number of fused-ring (bicyclic) bond motifs is 1. The van der Waals surface area contributed by atoms with Crippen LogP contribution in [0.25, 0.3) is 11.0 Å². The van der Waals surface area contributed by atoms with Gasteiger partial charge in [0, 0.05) is 4.88 Å². The molecule has 0 radical (unpaired) electrons. The molecule has 26 heavy (non-hydrogen) atoms. The van der Waals surface area contributed by atoms with Gasteiger partial charge in [-0.2, -0.15) is 0 Å². The second-order valence-corrected chi connectivity index (χ2v) is 7.16. The van der Waals surface area contributed by atoms with E-state index in [0.717, 1.165) is 21.5 Å². The van der Waals surface area contributed by atoms with Crippen molar-refractivity contribution >= 4 is 28.3 Å². The minimum atomic E-state index is -0.353. The summed E-state index contributed by atoms with van der Waals surface area (Å²) in [4.78, 5) is 18.5. The lowest BCUT2D eigenvalue weighted by molar-refractivity contribution is -0.124. The van der Waals surface area contributed by atoms with Crippen LogP contribution < -0.4 is 5.32 Å². The summed E-state index contributed by atoms with van der Waals surface area (Å²) >= 11 is 1.65. The number of rotatable bonds is 5. The van der Waals surface area contributed by atoms with Crippen molar-refractivity contribution in [2.24, 2.45) is 0 Å². The maximum absolute atomic E-state index is 13.0. The fourth-order valence-electron chi connectivity index (χ4n) is 3.10. The molecule has 0 aliphatic heterocycles. The largest absolute Gasteiger partial charge is 0.343 e. The van der Waals surface area contributed by atoms with Crippen LogP contribution in [-0.2, 0) is 4.79 Å². The van der Waals surface area contributed by atoms with Gasteiger partial charge in [-0.3, -0.25) is 4.79 Å². The van der Waals surface area contributed by atoms with Crippen LogP contribution >= 0.6 is 11.3 Å². The molecule has 0 aliphatic carbocycles. The number of benzene rings is 2. The summed E-state index contributed by atoms with van der Waals surface area (Å²) in [5, 5.41) is 5.24. The standard InChI is InChI=1S/C21H19N3OS/c1-15(24-14-22-17-10-5-6-11-18(17)24)21(25)23-20(19-12-7-13-26-19)16-8-3-2-4-9-16/h2-15,20H,1H3,(H,23,25)/t15-,20+/m1/s1. The van der Waals surface area contributed by atoms with E-state index in [4.69, 9.17) is 0 Å². The van der Waals surface area contributed by atoms with Crippen LogP contribution in [-0.4, -0.2) is 15.5 Å². The molecule has 2 atom stereocenters. The first-order valence-electron chi connectivity index (χ1n) is 8.54. The first-order valence-corrected chi connectivity index (χ1v) is 9.42. The van der Waals surface area contributed by atoms with Gasteiger partial charge in [0.25, 0.3) is 0 Å². The van der Waals surface area contributed by atoms with E-state index < -0.39 is 0 Å². The Morgan fingerprint density at radius 2 is 1.81 bits per heavy atom. The number of amides is 1. The number of carbonyl (C=O) groups is 1. The van der Waals surface area contributed by atoms with E-state index in [2.05, 4.69) is 16.4 Å². The van der Waals surface area contributed by atoms with Crippen LogP contribution in [0, 0.1) is 0 Å². The molecule has 0 fully saturated rings. The van der Waals surface area contributed by atoms with Gasteiger partial charge >= 0.3 is 0 Å². The molecule has 0 saturated carbocycles. The Labute approximate surface area is 156 Å². The number of para-hydroxylation sites is 2. The van der Waals surface area contributed by atoms with E-state index in [1.165, 1.54) is 0 Å². The van der Waals surface area contributed by atoms with Crippen molar-refractivity contribution in [2.45, 2.75) is 19.0 Å². The smallest absolute Gasteiger partial charge is 0.243 e. The normalized spacial score (nSPS) is 13.4. The van der Waals surface area contributed by atoms with Crippen molar-refractivity contribution in [3.05, 3.63) is 88.9 Å². The van der Waals surface area contributed by atoms with E-state index in [9.17, 15) is 4.79 Å². The number of hydrogen-bond acceptors (Lipinski definition) is 3. The molecule has 2 heterocycles. The molecule has 0 bridgehead atoms. The zero-order valence-electron chi connectivity index (χ0n) is 14.4. The molecule has 4 nitrogen and oxygen atoms in total. The molecule has 1 amide bonds. The second-order valence-electron chi connectivity index (χ2n) is 6.18. The number of hydrogen-bond donors (Lipinski definition) is 1. The van der Waals surface area contributed by atoms with Gasteiger partial charge in [0.2, 0.25) is 5.91 Å². The molecule has 0 spiro atoms. The number of nitrogens with zero attached hydrogens (tertiary/aromatic N) is 2. The van der Waals surface area contributed by atoms with E-state index in [0.29, 0.717) is 0 Å². The zero-order valence-corrected chi connectivity index (χ0v) is 15.2. The first-order chi connectivity index (χ1) is 12.7. The summed E-state index contributed by atoms with van der Waals surface area (Å²) in [5.74, 6) is -0.0320. The summed E-state index contributed by atoms with van der Waals surface area (Å²) < 4.78 is 1.92. The fraction of sp³-hybridized carbons (Fsp3) is 0.143. The molecule has 0 aliphatic rings. The average Bonchev–Trinajstić information content (AvgIpc) is 3.36. The molecular formula is C21H19N3OS. The maximum atomic E-state index is 13.0. The van der Waals surface area contributed by atoms with Gasteiger partial charge in [-0.25, -0.2) is 4.98 Å². The summed E-state index contributed by atoms with van der Waals surface area (Å²) in [7, 11) is 0. The van der Waals surface area contributed by atoms with Crippen molar-refractivity contribution in [3.8, 4) is 0 Å². The van der Waals surface area contributed by atoms with E-state index >= 15 is 0 Å². The Bertz CT molecular complexity index is 1010. The SMILES string of the molecule is C[C@H](C(=O)N[C@@H](c1ccccc1)c1cccs1)n1cnc2ccccc21. The molecule has 130 valence electrons. The number of imidazole rings is 1. The minimum Gasteiger partial charge on any atom is -0.343 e. The van der Waals surface area contributed by atoms with Crippen LogP contribution in [0.4, 0.5) is 0 Å². The highest BCUT2D eigenvalue weighted by Gasteiger charge is 2.23. The Balaban J connectivity index is 1.62. The van der Waals surface area contributed by atoms with Crippen molar-refractivity contribution in [2.75, 3.05) is 0 Å². The Hall–Kier alpha value is -2.92. The first kappa shape index (κ1) is 16.5. The second kappa shape index (κ2) is 7.14. The van der Waals surface area contributed by atoms with Crippen molar-refractivity contribution < 1.29 is 4.79 Å².